The molecule has 90 valence electrons. The van der Waals surface area contributed by atoms with E-state index in [9.17, 15) is 5.11 Å². The summed E-state index contributed by atoms with van der Waals surface area (Å²) in [7, 11) is 0. The molecule has 0 unspecified atom stereocenters. The molecule has 1 heterocycles. The largest absolute Gasteiger partial charge is 0.392 e. The molecule has 0 amide bonds. The predicted octanol–water partition coefficient (Wildman–Crippen LogP) is 2.06. The van der Waals surface area contributed by atoms with Gasteiger partial charge in [0.15, 0.2) is 0 Å². The van der Waals surface area contributed by atoms with Crippen LogP contribution in [0.4, 0.5) is 0 Å². The van der Waals surface area contributed by atoms with Crippen LogP contribution in [-0.4, -0.2) is 35.1 Å². The zero-order valence-electron chi connectivity index (χ0n) is 9.65. The molecule has 3 nitrogen and oxygen atoms in total. The minimum absolute atomic E-state index is 0.124. The minimum Gasteiger partial charge on any atom is -0.392 e. The zero-order chi connectivity index (χ0) is 11.4. The van der Waals surface area contributed by atoms with Gasteiger partial charge in [0, 0.05) is 16.3 Å². The summed E-state index contributed by atoms with van der Waals surface area (Å²) >= 11 is 2.31. The van der Waals surface area contributed by atoms with Gasteiger partial charge in [-0.15, -0.1) is 0 Å². The third-order valence-electron chi connectivity index (χ3n) is 3.17. The second-order valence-corrected chi connectivity index (χ2v) is 5.46. The Balaban J connectivity index is 2.53. The molecule has 1 aliphatic rings. The summed E-state index contributed by atoms with van der Waals surface area (Å²) in [5, 5.41) is 10.1. The van der Waals surface area contributed by atoms with Gasteiger partial charge in [-0.1, -0.05) is 43.4 Å². The lowest BCUT2D eigenvalue weighted by Crippen LogP contribution is -2.43. The summed E-state index contributed by atoms with van der Waals surface area (Å²) in [6.45, 7) is 7.37. The molecule has 0 saturated carbocycles. The molecule has 1 N–H and O–H groups in total. The number of halogens is 1. The lowest BCUT2D eigenvalue weighted by atomic mass is 9.85. The van der Waals surface area contributed by atoms with E-state index in [2.05, 4.69) is 43.4 Å². The van der Waals surface area contributed by atoms with Gasteiger partial charge in [0.2, 0.25) is 0 Å². The van der Waals surface area contributed by atoms with Crippen LogP contribution in [0.3, 0.4) is 0 Å². The van der Waals surface area contributed by atoms with E-state index in [-0.39, 0.29) is 18.1 Å². The van der Waals surface area contributed by atoms with E-state index >= 15 is 0 Å². The van der Waals surface area contributed by atoms with Crippen molar-refractivity contribution in [3.63, 3.8) is 0 Å². The fourth-order valence-corrected chi connectivity index (χ4v) is 2.61. The van der Waals surface area contributed by atoms with Gasteiger partial charge in [-0.05, 0) is 5.92 Å². The van der Waals surface area contributed by atoms with Gasteiger partial charge in [0.25, 0.3) is 0 Å². The number of hydrogen-bond acceptors (Lipinski definition) is 3. The Morgan fingerprint density at radius 2 is 2.13 bits per heavy atom. The SMILES string of the molecule is C[C@H]([C@@H](O)[C@H](C)CI)[C@@H]1OCOC[C@H]1C. The van der Waals surface area contributed by atoms with E-state index in [1.54, 1.807) is 0 Å². The zero-order valence-corrected chi connectivity index (χ0v) is 11.8. The fourth-order valence-electron chi connectivity index (χ4n) is 2.09. The van der Waals surface area contributed by atoms with Gasteiger partial charge in [-0.25, -0.2) is 0 Å². The van der Waals surface area contributed by atoms with E-state index in [0.717, 1.165) is 11.0 Å². The Bertz CT molecular complexity index is 189. The van der Waals surface area contributed by atoms with Crippen LogP contribution in [0.1, 0.15) is 20.8 Å². The Morgan fingerprint density at radius 3 is 2.67 bits per heavy atom. The Kier molecular flexibility index (Phi) is 5.81. The van der Waals surface area contributed by atoms with Crippen LogP contribution in [0, 0.1) is 17.8 Å². The van der Waals surface area contributed by atoms with E-state index in [1.165, 1.54) is 0 Å². The van der Waals surface area contributed by atoms with Crippen molar-refractivity contribution in [1.29, 1.82) is 0 Å². The maximum atomic E-state index is 10.1. The average molecular weight is 328 g/mol. The first-order valence-corrected chi connectivity index (χ1v) is 7.03. The van der Waals surface area contributed by atoms with E-state index in [4.69, 9.17) is 9.47 Å². The average Bonchev–Trinajstić information content (AvgIpc) is 2.26. The quantitative estimate of drug-likeness (QED) is 0.634. The van der Waals surface area contributed by atoms with Gasteiger partial charge in [0.05, 0.1) is 18.8 Å². The highest BCUT2D eigenvalue weighted by molar-refractivity contribution is 14.1. The molecule has 1 aliphatic heterocycles. The maximum absolute atomic E-state index is 10.1. The lowest BCUT2D eigenvalue weighted by Gasteiger charge is -2.37. The van der Waals surface area contributed by atoms with Gasteiger partial charge in [0.1, 0.15) is 6.79 Å². The first-order chi connectivity index (χ1) is 7.07. The maximum Gasteiger partial charge on any atom is 0.147 e. The summed E-state index contributed by atoms with van der Waals surface area (Å²) in [5.41, 5.74) is 0. The molecule has 0 aromatic rings. The summed E-state index contributed by atoms with van der Waals surface area (Å²) in [5.74, 6) is 0.859. The number of ether oxygens (including phenoxy) is 2. The molecule has 1 rings (SSSR count). The highest BCUT2D eigenvalue weighted by Gasteiger charge is 2.33. The van der Waals surface area contributed by atoms with Crippen molar-refractivity contribution in [2.75, 3.05) is 17.8 Å². The molecule has 0 bridgehead atoms. The summed E-state index contributed by atoms with van der Waals surface area (Å²) in [4.78, 5) is 0. The molecule has 0 aliphatic carbocycles. The Hall–Kier alpha value is 0.610. The van der Waals surface area contributed by atoms with Gasteiger partial charge in [-0.2, -0.15) is 0 Å². The third-order valence-corrected chi connectivity index (χ3v) is 4.56. The highest BCUT2D eigenvalue weighted by atomic mass is 127. The van der Waals surface area contributed by atoms with Crippen LogP contribution >= 0.6 is 22.6 Å². The van der Waals surface area contributed by atoms with Crippen molar-refractivity contribution in [3.05, 3.63) is 0 Å². The Morgan fingerprint density at radius 1 is 1.47 bits per heavy atom. The number of aliphatic hydroxyl groups is 1. The van der Waals surface area contributed by atoms with Crippen molar-refractivity contribution in [2.45, 2.75) is 33.0 Å². The molecule has 0 radical (unpaired) electrons. The van der Waals surface area contributed by atoms with Crippen LogP contribution < -0.4 is 0 Å². The predicted molar refractivity (Wildman–Crippen MR) is 68.1 cm³/mol. The lowest BCUT2D eigenvalue weighted by molar-refractivity contribution is -0.193. The highest BCUT2D eigenvalue weighted by Crippen LogP contribution is 2.27. The molecule has 0 spiro atoms. The van der Waals surface area contributed by atoms with Gasteiger partial charge < -0.3 is 14.6 Å². The van der Waals surface area contributed by atoms with Crippen LogP contribution in [-0.2, 0) is 9.47 Å². The summed E-state index contributed by atoms with van der Waals surface area (Å²) in [6, 6.07) is 0. The first kappa shape index (κ1) is 13.7. The number of hydrogen-bond donors (Lipinski definition) is 1. The molecule has 4 heteroatoms. The van der Waals surface area contributed by atoms with Crippen molar-refractivity contribution in [1.82, 2.24) is 0 Å². The number of aliphatic hydroxyl groups excluding tert-OH is 1. The molecule has 15 heavy (non-hydrogen) atoms. The van der Waals surface area contributed by atoms with Gasteiger partial charge >= 0.3 is 0 Å². The van der Waals surface area contributed by atoms with Crippen LogP contribution in [0.2, 0.25) is 0 Å². The second-order valence-electron chi connectivity index (χ2n) is 4.58. The number of alkyl halides is 1. The molecular formula is C11H21IO3. The fraction of sp³-hybridized carbons (Fsp3) is 1.00. The van der Waals surface area contributed by atoms with Crippen LogP contribution in [0.25, 0.3) is 0 Å². The summed E-state index contributed by atoms with van der Waals surface area (Å²) in [6.07, 6.45) is -0.161. The summed E-state index contributed by atoms with van der Waals surface area (Å²) < 4.78 is 11.8. The van der Waals surface area contributed by atoms with E-state index < -0.39 is 0 Å². The number of rotatable bonds is 4. The topological polar surface area (TPSA) is 38.7 Å². The standard InChI is InChI=1S/C11H21IO3/c1-7(4-12)10(13)9(3)11-8(2)5-14-6-15-11/h7-11,13H,4-6H2,1-3H3/t7-,8-,9-,10+,11-/m1/s1. The molecule has 5 atom stereocenters. The van der Waals surface area contributed by atoms with Crippen molar-refractivity contribution >= 4 is 22.6 Å². The molecular weight excluding hydrogens is 307 g/mol. The molecule has 1 saturated heterocycles. The first-order valence-electron chi connectivity index (χ1n) is 5.51. The van der Waals surface area contributed by atoms with Crippen molar-refractivity contribution in [2.24, 2.45) is 17.8 Å². The Labute approximate surface area is 106 Å². The van der Waals surface area contributed by atoms with Gasteiger partial charge in [-0.3, -0.25) is 0 Å². The minimum atomic E-state index is -0.285. The van der Waals surface area contributed by atoms with E-state index in [0.29, 0.717) is 18.6 Å². The molecule has 0 aromatic heterocycles. The smallest absolute Gasteiger partial charge is 0.147 e. The van der Waals surface area contributed by atoms with Crippen molar-refractivity contribution < 1.29 is 14.6 Å². The second kappa shape index (κ2) is 6.37. The molecule has 1 fully saturated rings. The molecule has 0 aromatic carbocycles. The van der Waals surface area contributed by atoms with Crippen LogP contribution in [0.5, 0.6) is 0 Å². The third kappa shape index (κ3) is 3.54. The monoisotopic (exact) mass is 328 g/mol. The van der Waals surface area contributed by atoms with E-state index in [1.807, 2.05) is 0 Å². The van der Waals surface area contributed by atoms with Crippen LogP contribution in [0.15, 0.2) is 0 Å². The van der Waals surface area contributed by atoms with Crippen molar-refractivity contribution in [3.8, 4) is 0 Å². The normalized spacial score (nSPS) is 33.4.